The van der Waals surface area contributed by atoms with Gasteiger partial charge in [0.05, 0.1) is 17.7 Å². The predicted octanol–water partition coefficient (Wildman–Crippen LogP) is 3.95. The largest absolute Gasteiger partial charge is 0.478 e. The Morgan fingerprint density at radius 2 is 1.48 bits per heavy atom. The Balaban J connectivity index is 1.64. The van der Waals surface area contributed by atoms with Crippen molar-refractivity contribution < 1.29 is 19.4 Å². The van der Waals surface area contributed by atoms with Gasteiger partial charge in [0.1, 0.15) is 0 Å². The number of carbonyl (C=O) groups excluding carboxylic acids is 1. The van der Waals surface area contributed by atoms with Crippen LogP contribution in [0.5, 0.6) is 0 Å². The number of carboxylic acids is 1. The number of rotatable bonds is 8. The second-order valence-electron chi connectivity index (χ2n) is 5.31. The molecule has 120 valence electrons. The van der Waals surface area contributed by atoms with Crippen LogP contribution in [-0.2, 0) is 11.2 Å². The minimum absolute atomic E-state index is 0.155. The van der Waals surface area contributed by atoms with Gasteiger partial charge >= 0.3 is 11.9 Å². The lowest BCUT2D eigenvalue weighted by atomic mass is 10.1. The normalized spacial score (nSPS) is 10.3. The van der Waals surface area contributed by atoms with Crippen molar-refractivity contribution in [3.05, 3.63) is 71.3 Å². The lowest BCUT2D eigenvalue weighted by molar-refractivity contribution is 0.0496. The maximum absolute atomic E-state index is 11.8. The molecule has 1 N–H and O–H groups in total. The van der Waals surface area contributed by atoms with Crippen LogP contribution in [0.1, 0.15) is 45.5 Å². The van der Waals surface area contributed by atoms with E-state index >= 15 is 0 Å². The summed E-state index contributed by atoms with van der Waals surface area (Å²) in [6, 6.07) is 16.0. The van der Waals surface area contributed by atoms with Gasteiger partial charge in [-0.2, -0.15) is 0 Å². The highest BCUT2D eigenvalue weighted by atomic mass is 16.5. The van der Waals surface area contributed by atoms with E-state index in [0.717, 1.165) is 25.7 Å². The zero-order valence-corrected chi connectivity index (χ0v) is 12.9. The van der Waals surface area contributed by atoms with Crippen LogP contribution in [0.3, 0.4) is 0 Å². The maximum Gasteiger partial charge on any atom is 0.338 e. The lowest BCUT2D eigenvalue weighted by Crippen LogP contribution is -2.07. The van der Waals surface area contributed by atoms with Crippen LogP contribution in [-0.4, -0.2) is 23.7 Å². The van der Waals surface area contributed by atoms with Crippen molar-refractivity contribution >= 4 is 11.9 Å². The topological polar surface area (TPSA) is 63.6 Å². The first-order valence-electron chi connectivity index (χ1n) is 7.71. The molecule has 0 aromatic heterocycles. The first kappa shape index (κ1) is 16.7. The van der Waals surface area contributed by atoms with Gasteiger partial charge in [-0.25, -0.2) is 9.59 Å². The molecule has 2 aromatic rings. The Morgan fingerprint density at radius 3 is 2.13 bits per heavy atom. The quantitative estimate of drug-likeness (QED) is 0.592. The Kier molecular flexibility index (Phi) is 6.36. The van der Waals surface area contributed by atoms with Crippen molar-refractivity contribution in [2.24, 2.45) is 0 Å². The molecule has 0 aliphatic rings. The number of unbranched alkanes of at least 4 members (excludes halogenated alkanes) is 2. The summed E-state index contributed by atoms with van der Waals surface area (Å²) in [6.45, 7) is 0.383. The molecular formula is C19H20O4. The molecule has 2 rings (SSSR count). The maximum atomic E-state index is 11.8. The number of ether oxygens (including phenoxy) is 1. The van der Waals surface area contributed by atoms with Crippen LogP contribution >= 0.6 is 0 Å². The second kappa shape index (κ2) is 8.73. The van der Waals surface area contributed by atoms with Gasteiger partial charge in [0, 0.05) is 0 Å². The van der Waals surface area contributed by atoms with Gasteiger partial charge in [0.2, 0.25) is 0 Å². The molecule has 4 nitrogen and oxygen atoms in total. The van der Waals surface area contributed by atoms with E-state index in [9.17, 15) is 9.59 Å². The van der Waals surface area contributed by atoms with Crippen LogP contribution in [0.15, 0.2) is 54.6 Å². The molecule has 0 aliphatic heterocycles. The fourth-order valence-corrected chi connectivity index (χ4v) is 2.25. The predicted molar refractivity (Wildman–Crippen MR) is 87.7 cm³/mol. The van der Waals surface area contributed by atoms with Crippen molar-refractivity contribution in [2.45, 2.75) is 25.7 Å². The summed E-state index contributed by atoms with van der Waals surface area (Å²) in [5.74, 6) is -1.42. The molecule has 4 heteroatoms. The Hall–Kier alpha value is -2.62. The van der Waals surface area contributed by atoms with E-state index in [2.05, 4.69) is 12.1 Å². The van der Waals surface area contributed by atoms with Gasteiger partial charge in [-0.3, -0.25) is 0 Å². The Labute approximate surface area is 135 Å². The molecule has 0 spiro atoms. The van der Waals surface area contributed by atoms with Crippen molar-refractivity contribution in [3.8, 4) is 0 Å². The van der Waals surface area contributed by atoms with Gasteiger partial charge in [0.15, 0.2) is 0 Å². The molecule has 0 bridgehead atoms. The zero-order chi connectivity index (χ0) is 16.5. The van der Waals surface area contributed by atoms with Crippen molar-refractivity contribution in [1.29, 1.82) is 0 Å². The third kappa shape index (κ3) is 5.58. The number of aryl methyl sites for hydroxylation is 1. The number of aromatic carboxylic acids is 1. The van der Waals surface area contributed by atoms with E-state index in [1.807, 2.05) is 18.2 Å². The smallest absolute Gasteiger partial charge is 0.338 e. The Bertz CT molecular complexity index is 632. The number of carbonyl (C=O) groups is 2. The minimum atomic E-state index is -1.01. The molecule has 23 heavy (non-hydrogen) atoms. The number of benzene rings is 2. The third-order valence-corrected chi connectivity index (χ3v) is 3.55. The number of carboxylic acid groups (broad SMARTS) is 1. The van der Waals surface area contributed by atoms with E-state index in [-0.39, 0.29) is 5.56 Å². The fraction of sp³-hybridized carbons (Fsp3) is 0.263. The fourth-order valence-electron chi connectivity index (χ4n) is 2.25. The molecule has 0 radical (unpaired) electrons. The van der Waals surface area contributed by atoms with Gasteiger partial charge in [-0.05, 0) is 55.5 Å². The monoisotopic (exact) mass is 312 g/mol. The number of hydrogen-bond acceptors (Lipinski definition) is 3. The van der Waals surface area contributed by atoms with Crippen LogP contribution in [0.4, 0.5) is 0 Å². The van der Waals surface area contributed by atoms with Gasteiger partial charge in [0.25, 0.3) is 0 Å². The summed E-state index contributed by atoms with van der Waals surface area (Å²) in [5.41, 5.74) is 1.85. The highest BCUT2D eigenvalue weighted by Crippen LogP contribution is 2.08. The molecular weight excluding hydrogens is 292 g/mol. The molecule has 0 saturated heterocycles. The molecule has 0 unspecified atom stereocenters. The summed E-state index contributed by atoms with van der Waals surface area (Å²) in [6.07, 6.45) is 3.92. The standard InChI is InChI=1S/C19H20O4/c20-18(21)16-10-12-17(13-11-16)19(22)23-14-6-2-5-9-15-7-3-1-4-8-15/h1,3-4,7-8,10-13H,2,5-6,9,14H2,(H,20,21). The molecule has 0 atom stereocenters. The summed E-state index contributed by atoms with van der Waals surface area (Å²) in [5, 5.41) is 8.80. The zero-order valence-electron chi connectivity index (χ0n) is 12.9. The Morgan fingerprint density at radius 1 is 0.826 bits per heavy atom. The first-order chi connectivity index (χ1) is 11.2. The van der Waals surface area contributed by atoms with Gasteiger partial charge in [-0.1, -0.05) is 30.3 Å². The average molecular weight is 312 g/mol. The molecule has 0 amide bonds. The first-order valence-corrected chi connectivity index (χ1v) is 7.71. The van der Waals surface area contributed by atoms with Crippen LogP contribution < -0.4 is 0 Å². The van der Waals surface area contributed by atoms with Crippen LogP contribution in [0, 0.1) is 0 Å². The second-order valence-corrected chi connectivity index (χ2v) is 5.31. The van der Waals surface area contributed by atoms with E-state index in [0.29, 0.717) is 12.2 Å². The lowest BCUT2D eigenvalue weighted by Gasteiger charge is -2.05. The molecule has 0 heterocycles. The van der Waals surface area contributed by atoms with Crippen molar-refractivity contribution in [2.75, 3.05) is 6.61 Å². The molecule has 0 saturated carbocycles. The van der Waals surface area contributed by atoms with Crippen molar-refractivity contribution in [3.63, 3.8) is 0 Å². The van der Waals surface area contributed by atoms with E-state index in [1.54, 1.807) is 0 Å². The van der Waals surface area contributed by atoms with E-state index < -0.39 is 11.9 Å². The number of esters is 1. The molecule has 2 aromatic carbocycles. The van der Waals surface area contributed by atoms with Crippen LogP contribution in [0.2, 0.25) is 0 Å². The minimum Gasteiger partial charge on any atom is -0.478 e. The average Bonchev–Trinajstić information content (AvgIpc) is 2.58. The van der Waals surface area contributed by atoms with E-state index in [1.165, 1.54) is 29.8 Å². The summed E-state index contributed by atoms with van der Waals surface area (Å²) in [7, 11) is 0. The highest BCUT2D eigenvalue weighted by Gasteiger charge is 2.08. The van der Waals surface area contributed by atoms with Gasteiger partial charge < -0.3 is 9.84 Å². The highest BCUT2D eigenvalue weighted by molar-refractivity contribution is 5.92. The summed E-state index contributed by atoms with van der Waals surface area (Å²) >= 11 is 0. The molecule has 0 fully saturated rings. The number of hydrogen-bond donors (Lipinski definition) is 1. The molecule has 0 aliphatic carbocycles. The summed E-state index contributed by atoms with van der Waals surface area (Å²) < 4.78 is 5.19. The van der Waals surface area contributed by atoms with Crippen LogP contribution in [0.25, 0.3) is 0 Å². The van der Waals surface area contributed by atoms with Gasteiger partial charge in [-0.15, -0.1) is 0 Å². The van der Waals surface area contributed by atoms with Crippen molar-refractivity contribution in [1.82, 2.24) is 0 Å². The third-order valence-electron chi connectivity index (χ3n) is 3.55. The van der Waals surface area contributed by atoms with E-state index in [4.69, 9.17) is 9.84 Å². The SMILES string of the molecule is O=C(O)c1ccc(C(=O)OCCCCCc2ccccc2)cc1. The summed E-state index contributed by atoms with van der Waals surface area (Å²) in [4.78, 5) is 22.6.